The van der Waals surface area contributed by atoms with Crippen LogP contribution < -0.4 is 11.1 Å². The molecule has 146 valence electrons. The van der Waals surface area contributed by atoms with Crippen molar-refractivity contribution < 1.29 is 4.79 Å². The molecule has 2 heterocycles. The summed E-state index contributed by atoms with van der Waals surface area (Å²) in [6.45, 7) is 4.10. The van der Waals surface area contributed by atoms with Crippen molar-refractivity contribution in [3.63, 3.8) is 0 Å². The van der Waals surface area contributed by atoms with Gasteiger partial charge in [-0.3, -0.25) is 0 Å². The molecule has 2 aromatic heterocycles. The van der Waals surface area contributed by atoms with Crippen molar-refractivity contribution in [3.8, 4) is 11.1 Å². The van der Waals surface area contributed by atoms with Crippen LogP contribution in [0.4, 0.5) is 10.5 Å². The topological polar surface area (TPSA) is 72.4 Å². The maximum atomic E-state index is 11.0. The first-order chi connectivity index (χ1) is 13.9. The fourth-order valence-corrected chi connectivity index (χ4v) is 3.67. The number of carbonyl (C=O) groups is 1. The van der Waals surface area contributed by atoms with Crippen molar-refractivity contribution in [2.45, 2.75) is 20.3 Å². The number of amides is 2. The van der Waals surface area contributed by atoms with E-state index in [1.807, 2.05) is 49.4 Å². The van der Waals surface area contributed by atoms with Gasteiger partial charge < -0.3 is 15.5 Å². The second-order valence-corrected chi connectivity index (χ2v) is 7.55. The third kappa shape index (κ3) is 3.96. The minimum Gasteiger partial charge on any atom is -0.351 e. The first-order valence-corrected chi connectivity index (χ1v) is 9.68. The molecule has 0 aliphatic heterocycles. The molecule has 5 nitrogen and oxygen atoms in total. The predicted molar refractivity (Wildman–Crippen MR) is 118 cm³/mol. The van der Waals surface area contributed by atoms with Gasteiger partial charge >= 0.3 is 6.03 Å². The summed E-state index contributed by atoms with van der Waals surface area (Å²) in [7, 11) is 0. The van der Waals surface area contributed by atoms with E-state index in [4.69, 9.17) is 22.3 Å². The summed E-state index contributed by atoms with van der Waals surface area (Å²) < 4.78 is 2.14. The van der Waals surface area contributed by atoms with E-state index < -0.39 is 6.03 Å². The smallest absolute Gasteiger partial charge is 0.316 e. The van der Waals surface area contributed by atoms with Crippen LogP contribution in [0.1, 0.15) is 22.5 Å². The van der Waals surface area contributed by atoms with Crippen LogP contribution in [0.15, 0.2) is 60.8 Å². The lowest BCUT2D eigenvalue weighted by molar-refractivity contribution is 0.259. The Kier molecular flexibility index (Phi) is 4.99. The molecule has 2 aromatic carbocycles. The molecule has 0 aliphatic carbocycles. The van der Waals surface area contributed by atoms with Gasteiger partial charge in [0.15, 0.2) is 0 Å². The molecule has 3 N–H and O–H groups in total. The first-order valence-electron chi connectivity index (χ1n) is 9.30. The average molecular weight is 405 g/mol. The van der Waals surface area contributed by atoms with E-state index in [1.54, 1.807) is 0 Å². The number of anilines is 1. The standard InChI is InChI=1S/C23H21ClN4O/c1-14-15(2)28-13-17(10-16-6-8-20(9-7-16)27-23(25)29)11-21(22(28)26-14)18-4-3-5-19(24)12-18/h3-9,11-13H,10H2,1-2H3,(H3,25,27,29). The molecule has 4 rings (SSSR count). The molecule has 29 heavy (non-hydrogen) atoms. The SMILES string of the molecule is Cc1nc2c(-c3cccc(Cl)c3)cc(Cc3ccc(NC(N)=O)cc3)cn2c1C. The molecule has 0 saturated carbocycles. The molecule has 6 heteroatoms. The predicted octanol–water partition coefficient (Wildman–Crippen LogP) is 5.35. The number of nitrogens with two attached hydrogens (primary N) is 1. The van der Waals surface area contributed by atoms with E-state index in [0.29, 0.717) is 10.7 Å². The largest absolute Gasteiger partial charge is 0.351 e. The molecule has 2 amide bonds. The number of aromatic nitrogens is 2. The van der Waals surface area contributed by atoms with Crippen LogP contribution >= 0.6 is 11.6 Å². The number of hydrogen-bond acceptors (Lipinski definition) is 2. The van der Waals surface area contributed by atoms with Gasteiger partial charge in [-0.05, 0) is 67.3 Å². The molecule has 0 unspecified atom stereocenters. The molecule has 0 atom stereocenters. The molecule has 0 saturated heterocycles. The van der Waals surface area contributed by atoms with Gasteiger partial charge in [-0.25, -0.2) is 9.78 Å². The quantitative estimate of drug-likeness (QED) is 0.481. The summed E-state index contributed by atoms with van der Waals surface area (Å²) in [5.74, 6) is 0. The van der Waals surface area contributed by atoms with Crippen LogP contribution in [-0.4, -0.2) is 15.4 Å². The van der Waals surface area contributed by atoms with Gasteiger partial charge in [0, 0.05) is 28.2 Å². The minimum absolute atomic E-state index is 0.569. The van der Waals surface area contributed by atoms with Gasteiger partial charge in [-0.15, -0.1) is 0 Å². The van der Waals surface area contributed by atoms with Gasteiger partial charge in [0.1, 0.15) is 5.65 Å². The summed E-state index contributed by atoms with van der Waals surface area (Å²) in [6, 6.07) is 17.1. The number of carbonyl (C=O) groups excluding carboxylic acids is 1. The van der Waals surface area contributed by atoms with Crippen molar-refractivity contribution in [1.29, 1.82) is 0 Å². The minimum atomic E-state index is -0.569. The number of hydrogen-bond donors (Lipinski definition) is 2. The lowest BCUT2D eigenvalue weighted by Gasteiger charge is -2.11. The number of fused-ring (bicyclic) bond motifs is 1. The van der Waals surface area contributed by atoms with Crippen molar-refractivity contribution in [2.24, 2.45) is 5.73 Å². The number of primary amides is 1. The number of urea groups is 1. The second kappa shape index (κ2) is 7.60. The second-order valence-electron chi connectivity index (χ2n) is 7.11. The molecule has 0 aliphatic rings. The van der Waals surface area contributed by atoms with Crippen LogP contribution in [0.5, 0.6) is 0 Å². The number of halogens is 1. The zero-order valence-electron chi connectivity index (χ0n) is 16.2. The molecule has 0 bridgehead atoms. The van der Waals surface area contributed by atoms with Gasteiger partial charge in [-0.1, -0.05) is 35.9 Å². The molecular weight excluding hydrogens is 384 g/mol. The Bertz CT molecular complexity index is 1210. The van der Waals surface area contributed by atoms with Gasteiger partial charge in [0.25, 0.3) is 0 Å². The Hall–Kier alpha value is -3.31. The summed E-state index contributed by atoms with van der Waals surface area (Å²) in [4.78, 5) is 15.8. The number of rotatable bonds is 4. The number of pyridine rings is 1. The van der Waals surface area contributed by atoms with E-state index in [9.17, 15) is 4.79 Å². The number of nitrogens with one attached hydrogen (secondary N) is 1. The van der Waals surface area contributed by atoms with E-state index in [1.165, 1.54) is 0 Å². The summed E-state index contributed by atoms with van der Waals surface area (Å²) in [6.07, 6.45) is 2.88. The fraction of sp³-hybridized carbons (Fsp3) is 0.130. The normalized spacial score (nSPS) is 11.0. The van der Waals surface area contributed by atoms with Gasteiger partial charge in [-0.2, -0.15) is 0 Å². The van der Waals surface area contributed by atoms with E-state index in [-0.39, 0.29) is 0 Å². The zero-order valence-corrected chi connectivity index (χ0v) is 17.0. The molecule has 0 spiro atoms. The fourth-order valence-electron chi connectivity index (χ4n) is 3.48. The highest BCUT2D eigenvalue weighted by atomic mass is 35.5. The van der Waals surface area contributed by atoms with E-state index >= 15 is 0 Å². The first kappa shape index (κ1) is 19.0. The Morgan fingerprint density at radius 1 is 1.10 bits per heavy atom. The van der Waals surface area contributed by atoms with Gasteiger partial charge in [0.05, 0.1) is 5.69 Å². The molecule has 0 fully saturated rings. The van der Waals surface area contributed by atoms with Crippen molar-refractivity contribution >= 4 is 29.0 Å². The lowest BCUT2D eigenvalue weighted by atomic mass is 10.0. The van der Waals surface area contributed by atoms with Crippen LogP contribution in [0.25, 0.3) is 16.8 Å². The zero-order chi connectivity index (χ0) is 20.5. The van der Waals surface area contributed by atoms with Crippen LogP contribution in [-0.2, 0) is 6.42 Å². The Morgan fingerprint density at radius 2 is 1.86 bits per heavy atom. The van der Waals surface area contributed by atoms with Crippen molar-refractivity contribution in [1.82, 2.24) is 9.38 Å². The molecule has 4 aromatic rings. The maximum Gasteiger partial charge on any atom is 0.316 e. The van der Waals surface area contributed by atoms with Crippen LogP contribution in [0.3, 0.4) is 0 Å². The highest BCUT2D eigenvalue weighted by molar-refractivity contribution is 6.30. The van der Waals surface area contributed by atoms with Gasteiger partial charge in [0.2, 0.25) is 0 Å². The van der Waals surface area contributed by atoms with E-state index in [2.05, 4.69) is 35.0 Å². The summed E-state index contributed by atoms with van der Waals surface area (Å²) in [5.41, 5.74) is 13.3. The Labute approximate surface area is 174 Å². The third-order valence-electron chi connectivity index (χ3n) is 5.02. The molecular formula is C23H21ClN4O. The average Bonchev–Trinajstić information content (AvgIpc) is 2.97. The Balaban J connectivity index is 1.77. The van der Waals surface area contributed by atoms with Crippen LogP contribution in [0, 0.1) is 13.8 Å². The monoisotopic (exact) mass is 404 g/mol. The van der Waals surface area contributed by atoms with Crippen molar-refractivity contribution in [2.75, 3.05) is 5.32 Å². The number of imidazole rings is 1. The lowest BCUT2D eigenvalue weighted by Crippen LogP contribution is -2.19. The van der Waals surface area contributed by atoms with E-state index in [0.717, 1.165) is 45.7 Å². The highest BCUT2D eigenvalue weighted by Gasteiger charge is 2.13. The summed E-state index contributed by atoms with van der Waals surface area (Å²) in [5, 5.41) is 3.28. The summed E-state index contributed by atoms with van der Waals surface area (Å²) >= 11 is 6.24. The number of nitrogens with zero attached hydrogens (tertiary/aromatic N) is 2. The maximum absolute atomic E-state index is 11.0. The highest BCUT2D eigenvalue weighted by Crippen LogP contribution is 2.30. The number of aryl methyl sites for hydroxylation is 2. The molecule has 0 radical (unpaired) electrons. The van der Waals surface area contributed by atoms with Crippen molar-refractivity contribution in [3.05, 3.63) is 88.3 Å². The Morgan fingerprint density at radius 3 is 2.55 bits per heavy atom. The van der Waals surface area contributed by atoms with Crippen LogP contribution in [0.2, 0.25) is 5.02 Å². The third-order valence-corrected chi connectivity index (χ3v) is 5.25. The number of benzene rings is 2.